The number of amides is 2. The highest BCUT2D eigenvalue weighted by molar-refractivity contribution is 5.78. The second-order valence-corrected chi connectivity index (χ2v) is 14.1. The van der Waals surface area contributed by atoms with E-state index in [4.69, 9.17) is 0 Å². The zero-order valence-corrected chi connectivity index (χ0v) is 28.1. The van der Waals surface area contributed by atoms with Crippen LogP contribution >= 0.6 is 0 Å². The minimum absolute atomic E-state index is 0.00889. The summed E-state index contributed by atoms with van der Waals surface area (Å²) in [7, 11) is 0. The van der Waals surface area contributed by atoms with E-state index in [1.807, 2.05) is 69.0 Å². The van der Waals surface area contributed by atoms with Crippen LogP contribution in [0.1, 0.15) is 83.5 Å². The lowest BCUT2D eigenvalue weighted by Crippen LogP contribution is -2.34. The standard InChI is InChI=1S/C37H42F4N6O2/c1-21(2)16-31(48)46-15-5-6-29(46)35-42-19-28(43-35)25-11-7-23(8-12-25)24-9-13-26(14-10-24)33-34(38)45-36(44-33)30-18-27(37(39,40)41)20-47(30)32(49)17-22(3)4/h7-14,19,21-22,27,29-30H,5-6,15-18,20H2,1-4H3,(H,42,43)(H,44,45)/t27-,29+,30+/m1/s1. The van der Waals surface area contributed by atoms with Crippen molar-refractivity contribution in [2.24, 2.45) is 17.8 Å². The number of halogens is 4. The lowest BCUT2D eigenvalue weighted by atomic mass is 10.0. The first-order valence-electron chi connectivity index (χ1n) is 17.0. The predicted molar refractivity (Wildman–Crippen MR) is 178 cm³/mol. The fourth-order valence-electron chi connectivity index (χ4n) is 6.92. The molecule has 3 atom stereocenters. The minimum Gasteiger partial charge on any atom is -0.340 e. The van der Waals surface area contributed by atoms with Gasteiger partial charge in [-0.05, 0) is 47.8 Å². The Labute approximate surface area is 283 Å². The van der Waals surface area contributed by atoms with Crippen molar-refractivity contribution in [3.63, 3.8) is 0 Å². The number of alkyl halides is 3. The Kier molecular flexibility index (Phi) is 9.68. The average Bonchev–Trinajstić information content (AvgIpc) is 3.85. The first kappa shape index (κ1) is 34.4. The molecule has 0 bridgehead atoms. The summed E-state index contributed by atoms with van der Waals surface area (Å²) >= 11 is 0. The molecule has 0 radical (unpaired) electrons. The van der Waals surface area contributed by atoms with E-state index in [2.05, 4.69) is 19.9 Å². The molecule has 2 aromatic heterocycles. The number of H-pyrrole nitrogens is 2. The van der Waals surface area contributed by atoms with Gasteiger partial charge >= 0.3 is 6.18 Å². The third-order valence-electron chi connectivity index (χ3n) is 9.42. The van der Waals surface area contributed by atoms with Crippen molar-refractivity contribution < 1.29 is 27.2 Å². The highest BCUT2D eigenvalue weighted by atomic mass is 19.4. The molecule has 12 heteroatoms. The van der Waals surface area contributed by atoms with Gasteiger partial charge in [-0.25, -0.2) is 9.97 Å². The maximum atomic E-state index is 15.2. The second kappa shape index (κ2) is 13.8. The Bertz CT molecular complexity index is 1780. The number of aromatic amines is 2. The highest BCUT2D eigenvalue weighted by Crippen LogP contribution is 2.43. The first-order chi connectivity index (χ1) is 23.3. The lowest BCUT2D eigenvalue weighted by Gasteiger charge is -2.24. The number of hydrogen-bond acceptors (Lipinski definition) is 4. The molecular weight excluding hydrogens is 636 g/mol. The summed E-state index contributed by atoms with van der Waals surface area (Å²) in [5.74, 6) is -1.63. The van der Waals surface area contributed by atoms with Crippen LogP contribution in [0.15, 0.2) is 54.7 Å². The molecule has 0 spiro atoms. The summed E-state index contributed by atoms with van der Waals surface area (Å²) in [5.41, 5.74) is 4.08. The molecule has 2 aliphatic heterocycles. The third kappa shape index (κ3) is 7.43. The van der Waals surface area contributed by atoms with Crippen LogP contribution in [0.25, 0.3) is 33.6 Å². The molecule has 0 aliphatic carbocycles. The summed E-state index contributed by atoms with van der Waals surface area (Å²) in [4.78, 5) is 43.7. The SMILES string of the molecule is CC(C)CC(=O)N1CCC[C@H]1c1ncc(-c2ccc(-c3ccc(-c4nc([C@@H]5C[C@@H](C(F)(F)F)CN5C(=O)CC(C)C)[nH]c4F)cc3)cc2)[nH]1. The molecule has 4 heterocycles. The molecule has 8 nitrogen and oxygen atoms in total. The fraction of sp³-hybridized carbons (Fsp3) is 0.459. The smallest absolute Gasteiger partial charge is 0.340 e. The quantitative estimate of drug-likeness (QED) is 0.174. The van der Waals surface area contributed by atoms with Crippen LogP contribution in [-0.2, 0) is 9.59 Å². The normalized spacial score (nSPS) is 19.8. The van der Waals surface area contributed by atoms with E-state index < -0.39 is 36.5 Å². The van der Waals surface area contributed by atoms with E-state index in [0.29, 0.717) is 17.9 Å². The number of nitrogens with one attached hydrogen (secondary N) is 2. The second-order valence-electron chi connectivity index (χ2n) is 14.1. The van der Waals surface area contributed by atoms with E-state index in [1.165, 1.54) is 4.90 Å². The Morgan fingerprint density at radius 1 is 0.816 bits per heavy atom. The van der Waals surface area contributed by atoms with Gasteiger partial charge in [-0.3, -0.25) is 9.59 Å². The van der Waals surface area contributed by atoms with E-state index in [-0.39, 0.29) is 42.2 Å². The summed E-state index contributed by atoms with van der Waals surface area (Å²) in [6.45, 7) is 8.02. The largest absolute Gasteiger partial charge is 0.393 e. The molecule has 260 valence electrons. The van der Waals surface area contributed by atoms with Gasteiger partial charge in [0, 0.05) is 31.5 Å². The molecule has 2 amide bonds. The summed E-state index contributed by atoms with van der Waals surface area (Å²) in [5, 5.41) is 0. The van der Waals surface area contributed by atoms with Crippen molar-refractivity contribution in [3.05, 3.63) is 72.3 Å². The topological polar surface area (TPSA) is 98.0 Å². The number of rotatable bonds is 9. The van der Waals surface area contributed by atoms with Gasteiger partial charge in [-0.1, -0.05) is 76.2 Å². The van der Waals surface area contributed by atoms with Gasteiger partial charge in [0.25, 0.3) is 0 Å². The Hall–Kier alpha value is -4.48. The molecule has 0 unspecified atom stereocenters. The summed E-state index contributed by atoms with van der Waals surface area (Å²) in [6.07, 6.45) is -0.592. The number of benzene rings is 2. The molecular formula is C37H42F4N6O2. The molecule has 2 fully saturated rings. The molecule has 0 saturated carbocycles. The minimum atomic E-state index is -4.47. The number of aromatic nitrogens is 4. The third-order valence-corrected chi connectivity index (χ3v) is 9.42. The zero-order chi connectivity index (χ0) is 35.0. The van der Waals surface area contributed by atoms with Gasteiger partial charge in [0.1, 0.15) is 17.3 Å². The van der Waals surface area contributed by atoms with Crippen molar-refractivity contribution >= 4 is 11.8 Å². The van der Waals surface area contributed by atoms with Crippen LogP contribution in [0.2, 0.25) is 0 Å². The molecule has 2 N–H and O–H groups in total. The van der Waals surface area contributed by atoms with Crippen molar-refractivity contribution in [1.29, 1.82) is 0 Å². The predicted octanol–water partition coefficient (Wildman–Crippen LogP) is 8.48. The van der Waals surface area contributed by atoms with Crippen molar-refractivity contribution in [2.45, 2.75) is 78.1 Å². The van der Waals surface area contributed by atoms with E-state index in [0.717, 1.165) is 47.6 Å². The molecule has 6 rings (SSSR count). The van der Waals surface area contributed by atoms with Crippen LogP contribution in [0.5, 0.6) is 0 Å². The van der Waals surface area contributed by atoms with E-state index >= 15 is 4.39 Å². The molecule has 2 aromatic carbocycles. The van der Waals surface area contributed by atoms with Crippen LogP contribution in [0.3, 0.4) is 0 Å². The van der Waals surface area contributed by atoms with Crippen molar-refractivity contribution in [3.8, 4) is 33.6 Å². The molecule has 2 aliphatic rings. The monoisotopic (exact) mass is 678 g/mol. The first-order valence-corrected chi connectivity index (χ1v) is 17.0. The van der Waals surface area contributed by atoms with Crippen LogP contribution in [-0.4, -0.2) is 60.8 Å². The van der Waals surface area contributed by atoms with Gasteiger partial charge in [-0.2, -0.15) is 17.6 Å². The Morgan fingerprint density at radius 3 is 1.98 bits per heavy atom. The maximum absolute atomic E-state index is 15.2. The van der Waals surface area contributed by atoms with Crippen LogP contribution < -0.4 is 0 Å². The molecule has 4 aromatic rings. The van der Waals surface area contributed by atoms with Crippen molar-refractivity contribution in [1.82, 2.24) is 29.7 Å². The van der Waals surface area contributed by atoms with Gasteiger partial charge < -0.3 is 19.8 Å². The Morgan fingerprint density at radius 2 is 1.39 bits per heavy atom. The number of hydrogen-bond donors (Lipinski definition) is 2. The van der Waals surface area contributed by atoms with Gasteiger partial charge in [0.15, 0.2) is 0 Å². The number of likely N-dealkylation sites (tertiary alicyclic amines) is 2. The van der Waals surface area contributed by atoms with E-state index in [9.17, 15) is 22.8 Å². The van der Waals surface area contributed by atoms with Gasteiger partial charge in [-0.15, -0.1) is 0 Å². The molecule has 49 heavy (non-hydrogen) atoms. The van der Waals surface area contributed by atoms with E-state index in [1.54, 1.807) is 18.3 Å². The van der Waals surface area contributed by atoms with Gasteiger partial charge in [0.2, 0.25) is 17.8 Å². The fourth-order valence-corrected chi connectivity index (χ4v) is 6.92. The lowest BCUT2D eigenvalue weighted by molar-refractivity contribution is -0.171. The number of nitrogens with zero attached hydrogens (tertiary/aromatic N) is 4. The summed E-state index contributed by atoms with van der Waals surface area (Å²) < 4.78 is 56.1. The summed E-state index contributed by atoms with van der Waals surface area (Å²) in [6, 6.07) is 14.0. The van der Waals surface area contributed by atoms with Crippen LogP contribution in [0.4, 0.5) is 17.6 Å². The van der Waals surface area contributed by atoms with Crippen LogP contribution in [0, 0.1) is 23.7 Å². The number of imidazole rings is 2. The average molecular weight is 679 g/mol. The Balaban J connectivity index is 1.16. The number of carbonyl (C=O) groups is 2. The maximum Gasteiger partial charge on any atom is 0.393 e. The number of carbonyl (C=O) groups excluding carboxylic acids is 2. The van der Waals surface area contributed by atoms with Crippen molar-refractivity contribution in [2.75, 3.05) is 13.1 Å². The molecule has 2 saturated heterocycles. The van der Waals surface area contributed by atoms with Gasteiger partial charge in [0.05, 0.1) is 29.9 Å². The highest BCUT2D eigenvalue weighted by Gasteiger charge is 2.50. The zero-order valence-electron chi connectivity index (χ0n) is 28.1.